The molecule has 8 heteroatoms. The molecule has 0 aromatic heterocycles. The summed E-state index contributed by atoms with van der Waals surface area (Å²) < 4.78 is 21.7. The monoisotopic (exact) mass is 490 g/mol. The van der Waals surface area contributed by atoms with Gasteiger partial charge in [0.25, 0.3) is 5.91 Å². The van der Waals surface area contributed by atoms with Crippen LogP contribution in [0.25, 0.3) is 0 Å². The molecule has 0 radical (unpaired) electrons. The quantitative estimate of drug-likeness (QED) is 0.494. The van der Waals surface area contributed by atoms with E-state index in [1.165, 1.54) is 14.2 Å². The predicted molar refractivity (Wildman–Crippen MR) is 136 cm³/mol. The lowest BCUT2D eigenvalue weighted by Gasteiger charge is -2.40. The number of anilines is 1. The van der Waals surface area contributed by atoms with Crippen LogP contribution in [0.15, 0.2) is 60.7 Å². The molecular weight excluding hydrogens is 460 g/mol. The zero-order chi connectivity index (χ0) is 25.8. The van der Waals surface area contributed by atoms with Crippen molar-refractivity contribution in [1.29, 1.82) is 0 Å². The number of likely N-dealkylation sites (N-methyl/N-ethyl adjacent to an activating group) is 1. The molecule has 0 unspecified atom stereocenters. The van der Waals surface area contributed by atoms with E-state index >= 15 is 0 Å². The van der Waals surface area contributed by atoms with Crippen LogP contribution < -0.4 is 24.3 Å². The maximum atomic E-state index is 13.9. The Balaban J connectivity index is 1.81. The molecule has 3 aromatic carbocycles. The van der Waals surface area contributed by atoms with Gasteiger partial charge in [0, 0.05) is 18.3 Å². The van der Waals surface area contributed by atoms with Crippen LogP contribution in [0.4, 0.5) is 5.69 Å². The number of benzene rings is 3. The largest absolute Gasteiger partial charge is 0.497 e. The molecule has 0 saturated heterocycles. The van der Waals surface area contributed by atoms with Crippen LogP contribution in [0.3, 0.4) is 0 Å². The van der Waals surface area contributed by atoms with E-state index in [-0.39, 0.29) is 11.8 Å². The Morgan fingerprint density at radius 1 is 0.889 bits per heavy atom. The van der Waals surface area contributed by atoms with Gasteiger partial charge in [-0.1, -0.05) is 12.1 Å². The number of ether oxygens (including phenoxy) is 4. The standard InChI is InChI=1S/C28H30N2O6/c1-6-36-20-13-9-18(10-14-20)29-27(31)25-21-15-23(34-4)24(35-5)16-22(21)28(32)30(2)26(25)17-7-11-19(33-3)12-8-17/h7-16,25-26H,6H2,1-5H3,(H,29,31)/t25-,26-/m1/s1. The molecule has 8 nitrogen and oxygen atoms in total. The van der Waals surface area contributed by atoms with Gasteiger partial charge < -0.3 is 29.2 Å². The van der Waals surface area contributed by atoms with Crippen molar-refractivity contribution in [2.45, 2.75) is 18.9 Å². The van der Waals surface area contributed by atoms with Gasteiger partial charge in [0.15, 0.2) is 11.5 Å². The molecule has 36 heavy (non-hydrogen) atoms. The van der Waals surface area contributed by atoms with Gasteiger partial charge >= 0.3 is 0 Å². The van der Waals surface area contributed by atoms with E-state index in [0.29, 0.717) is 40.7 Å². The van der Waals surface area contributed by atoms with Crippen LogP contribution >= 0.6 is 0 Å². The zero-order valence-corrected chi connectivity index (χ0v) is 21.0. The zero-order valence-electron chi connectivity index (χ0n) is 21.0. The summed E-state index contributed by atoms with van der Waals surface area (Å²) in [5.41, 5.74) is 2.39. The normalized spacial score (nSPS) is 16.7. The average Bonchev–Trinajstić information content (AvgIpc) is 2.91. The van der Waals surface area contributed by atoms with Crippen molar-refractivity contribution in [2.24, 2.45) is 0 Å². The van der Waals surface area contributed by atoms with Crippen molar-refractivity contribution in [3.8, 4) is 23.0 Å². The Kier molecular flexibility index (Phi) is 7.33. The SMILES string of the molecule is CCOc1ccc(NC(=O)[C@@H]2c3cc(OC)c(OC)cc3C(=O)N(C)[C@@H]2c2ccc(OC)cc2)cc1. The third-order valence-electron chi connectivity index (χ3n) is 6.35. The Morgan fingerprint density at radius 2 is 1.50 bits per heavy atom. The number of hydrogen-bond donors (Lipinski definition) is 1. The van der Waals surface area contributed by atoms with Gasteiger partial charge in [-0.05, 0) is 66.6 Å². The van der Waals surface area contributed by atoms with Crippen LogP contribution in [-0.4, -0.2) is 51.7 Å². The second kappa shape index (κ2) is 10.6. The number of fused-ring (bicyclic) bond motifs is 1. The van der Waals surface area contributed by atoms with E-state index < -0.39 is 12.0 Å². The maximum absolute atomic E-state index is 13.9. The van der Waals surface area contributed by atoms with E-state index in [1.54, 1.807) is 55.5 Å². The van der Waals surface area contributed by atoms with Gasteiger partial charge in [-0.15, -0.1) is 0 Å². The first-order valence-corrected chi connectivity index (χ1v) is 11.6. The molecule has 0 saturated carbocycles. The van der Waals surface area contributed by atoms with Crippen LogP contribution in [0.2, 0.25) is 0 Å². The summed E-state index contributed by atoms with van der Waals surface area (Å²) in [6, 6.07) is 17.4. The van der Waals surface area contributed by atoms with Crippen LogP contribution in [-0.2, 0) is 4.79 Å². The minimum absolute atomic E-state index is 0.211. The second-order valence-corrected chi connectivity index (χ2v) is 8.35. The molecule has 3 aromatic rings. The molecular formula is C28H30N2O6. The Hall–Kier alpha value is -4.20. The molecule has 0 fully saturated rings. The number of nitrogens with zero attached hydrogens (tertiary/aromatic N) is 1. The molecule has 4 rings (SSSR count). The summed E-state index contributed by atoms with van der Waals surface area (Å²) in [5.74, 6) is 1.09. The molecule has 1 N–H and O–H groups in total. The molecule has 2 amide bonds. The predicted octanol–water partition coefficient (Wildman–Crippen LogP) is 4.66. The molecule has 188 valence electrons. The minimum atomic E-state index is -0.720. The summed E-state index contributed by atoms with van der Waals surface area (Å²) in [6.45, 7) is 2.47. The van der Waals surface area contributed by atoms with Crippen LogP contribution in [0.1, 0.15) is 40.4 Å². The molecule has 0 spiro atoms. The summed E-state index contributed by atoms with van der Waals surface area (Å²) in [4.78, 5) is 28.9. The highest BCUT2D eigenvalue weighted by atomic mass is 16.5. The molecule has 1 aliphatic rings. The van der Waals surface area contributed by atoms with E-state index in [9.17, 15) is 9.59 Å². The number of rotatable bonds is 8. The smallest absolute Gasteiger partial charge is 0.254 e. The third-order valence-corrected chi connectivity index (χ3v) is 6.35. The van der Waals surface area contributed by atoms with Crippen molar-refractivity contribution in [3.05, 3.63) is 77.4 Å². The molecule has 2 atom stereocenters. The fourth-order valence-corrected chi connectivity index (χ4v) is 4.57. The first kappa shape index (κ1) is 24.9. The summed E-state index contributed by atoms with van der Waals surface area (Å²) >= 11 is 0. The molecule has 0 bridgehead atoms. The van der Waals surface area contributed by atoms with Crippen molar-refractivity contribution in [2.75, 3.05) is 40.3 Å². The van der Waals surface area contributed by atoms with E-state index in [4.69, 9.17) is 18.9 Å². The summed E-state index contributed by atoms with van der Waals surface area (Å²) in [5, 5.41) is 3.02. The van der Waals surface area contributed by atoms with E-state index in [2.05, 4.69) is 5.32 Å². The minimum Gasteiger partial charge on any atom is -0.497 e. The second-order valence-electron chi connectivity index (χ2n) is 8.35. The van der Waals surface area contributed by atoms with Gasteiger partial charge in [0.05, 0.1) is 39.9 Å². The topological polar surface area (TPSA) is 86.3 Å². The van der Waals surface area contributed by atoms with Gasteiger partial charge in [-0.25, -0.2) is 0 Å². The lowest BCUT2D eigenvalue weighted by Crippen LogP contribution is -2.44. The number of hydrogen-bond acceptors (Lipinski definition) is 6. The molecule has 1 heterocycles. The van der Waals surface area contributed by atoms with E-state index in [1.807, 2.05) is 31.2 Å². The first-order chi connectivity index (χ1) is 17.4. The van der Waals surface area contributed by atoms with Crippen molar-refractivity contribution in [3.63, 3.8) is 0 Å². The lowest BCUT2D eigenvalue weighted by atomic mass is 9.79. The number of methoxy groups -OCH3 is 3. The summed E-state index contributed by atoms with van der Waals surface area (Å²) in [6.07, 6.45) is 0. The van der Waals surface area contributed by atoms with Gasteiger partial charge in [-0.2, -0.15) is 0 Å². The number of amides is 2. The van der Waals surface area contributed by atoms with Crippen molar-refractivity contribution in [1.82, 2.24) is 4.90 Å². The number of nitrogens with one attached hydrogen (secondary N) is 1. The van der Waals surface area contributed by atoms with Gasteiger partial charge in [0.2, 0.25) is 5.91 Å². The van der Waals surface area contributed by atoms with Crippen molar-refractivity contribution >= 4 is 17.5 Å². The van der Waals surface area contributed by atoms with Gasteiger partial charge in [0.1, 0.15) is 11.5 Å². The Bertz CT molecular complexity index is 1240. The highest BCUT2D eigenvalue weighted by Gasteiger charge is 2.43. The fourth-order valence-electron chi connectivity index (χ4n) is 4.57. The molecule has 0 aliphatic carbocycles. The van der Waals surface area contributed by atoms with Gasteiger partial charge in [-0.3, -0.25) is 9.59 Å². The Morgan fingerprint density at radius 3 is 2.08 bits per heavy atom. The molecule has 1 aliphatic heterocycles. The highest BCUT2D eigenvalue weighted by molar-refractivity contribution is 6.05. The number of carbonyl (C=O) groups is 2. The van der Waals surface area contributed by atoms with E-state index in [0.717, 1.165) is 11.3 Å². The third kappa shape index (κ3) is 4.66. The fraction of sp³-hybridized carbons (Fsp3) is 0.286. The first-order valence-electron chi connectivity index (χ1n) is 11.6. The number of carbonyl (C=O) groups excluding carboxylic acids is 2. The maximum Gasteiger partial charge on any atom is 0.254 e. The lowest BCUT2D eigenvalue weighted by molar-refractivity contribution is -0.119. The van der Waals surface area contributed by atoms with Crippen LogP contribution in [0, 0.1) is 0 Å². The average molecular weight is 491 g/mol. The summed E-state index contributed by atoms with van der Waals surface area (Å²) in [7, 11) is 6.33. The Labute approximate surface area is 210 Å². The highest BCUT2D eigenvalue weighted by Crippen LogP contribution is 2.46. The van der Waals surface area contributed by atoms with Crippen LogP contribution in [0.5, 0.6) is 23.0 Å². The van der Waals surface area contributed by atoms with Crippen molar-refractivity contribution < 1.29 is 28.5 Å².